The molecule has 33 heavy (non-hydrogen) atoms. The Bertz CT molecular complexity index is 1100. The van der Waals surface area contributed by atoms with Gasteiger partial charge in [-0.15, -0.1) is 0 Å². The van der Waals surface area contributed by atoms with E-state index < -0.39 is 30.2 Å². The highest BCUT2D eigenvalue weighted by Gasteiger charge is 2.31. The lowest BCUT2D eigenvalue weighted by Gasteiger charge is -2.14. The molecule has 8 nitrogen and oxygen atoms in total. The number of hydrogen-bond donors (Lipinski definition) is 1. The summed E-state index contributed by atoms with van der Waals surface area (Å²) in [5.74, 6) is -0.758. The largest absolute Gasteiger partial charge is 0.494 e. The monoisotopic (exact) mass is 462 g/mol. The number of aromatic nitrogens is 3. The molecule has 0 saturated carbocycles. The van der Waals surface area contributed by atoms with Gasteiger partial charge in [0.15, 0.2) is 6.61 Å². The Hall–Kier alpha value is -3.89. The van der Waals surface area contributed by atoms with Crippen LogP contribution in [0.5, 0.6) is 5.75 Å². The summed E-state index contributed by atoms with van der Waals surface area (Å²) in [4.78, 5) is 28.1. The molecule has 0 aliphatic carbocycles. The molecule has 3 rings (SSSR count). The molecule has 1 N–H and O–H groups in total. The van der Waals surface area contributed by atoms with Crippen LogP contribution in [0.1, 0.15) is 24.5 Å². The summed E-state index contributed by atoms with van der Waals surface area (Å²) in [5.41, 5.74) is -0.108. The molecule has 1 aromatic heterocycles. The zero-order valence-electron chi connectivity index (χ0n) is 17.6. The van der Waals surface area contributed by atoms with E-state index in [1.165, 1.54) is 17.3 Å². The number of ether oxygens (including phenoxy) is 2. The molecule has 0 aliphatic rings. The van der Waals surface area contributed by atoms with Crippen LogP contribution in [0.3, 0.4) is 0 Å². The van der Waals surface area contributed by atoms with E-state index in [9.17, 15) is 22.8 Å². The molecule has 1 heterocycles. The number of alkyl halides is 3. The van der Waals surface area contributed by atoms with Crippen LogP contribution in [0.4, 0.5) is 18.9 Å². The van der Waals surface area contributed by atoms with Crippen molar-refractivity contribution in [2.45, 2.75) is 25.9 Å². The number of carbonyl (C=O) groups is 2. The fraction of sp³-hybridized carbons (Fsp3) is 0.273. The number of hydrogen-bond acceptors (Lipinski definition) is 6. The molecule has 2 aromatic carbocycles. The summed E-state index contributed by atoms with van der Waals surface area (Å²) in [6.07, 6.45) is -1.77. The molecule has 0 spiro atoms. The predicted octanol–water partition coefficient (Wildman–Crippen LogP) is 3.80. The van der Waals surface area contributed by atoms with Gasteiger partial charge in [-0.2, -0.15) is 18.3 Å². The van der Waals surface area contributed by atoms with Crippen LogP contribution in [0.2, 0.25) is 0 Å². The minimum Gasteiger partial charge on any atom is -0.494 e. The zero-order chi connectivity index (χ0) is 23.8. The van der Waals surface area contributed by atoms with Crippen LogP contribution in [0, 0.1) is 0 Å². The first-order valence-electron chi connectivity index (χ1n) is 10.0. The van der Waals surface area contributed by atoms with Crippen LogP contribution < -0.4 is 10.1 Å². The van der Waals surface area contributed by atoms with Crippen LogP contribution >= 0.6 is 0 Å². The van der Waals surface area contributed by atoms with Crippen molar-refractivity contribution in [3.63, 3.8) is 0 Å². The first-order valence-corrected chi connectivity index (χ1v) is 10.0. The highest BCUT2D eigenvalue weighted by Crippen LogP contribution is 2.33. The van der Waals surface area contributed by atoms with E-state index in [0.717, 1.165) is 23.8 Å². The molecule has 11 heteroatoms. The Morgan fingerprint density at radius 1 is 1.15 bits per heavy atom. The summed E-state index contributed by atoms with van der Waals surface area (Å²) >= 11 is 0. The molecule has 1 amide bonds. The Labute approximate surface area is 187 Å². The third-order valence-electron chi connectivity index (χ3n) is 4.50. The third-order valence-corrected chi connectivity index (χ3v) is 4.50. The SMILES string of the molecule is CCOc1ccccc1CCC(=O)OCC(=O)Nc1cc(C(F)(F)F)ccc1-n1cncn1. The van der Waals surface area contributed by atoms with Gasteiger partial charge in [-0.3, -0.25) is 9.59 Å². The Morgan fingerprint density at radius 2 is 1.94 bits per heavy atom. The van der Waals surface area contributed by atoms with Crippen molar-refractivity contribution in [1.29, 1.82) is 0 Å². The number of amides is 1. The Kier molecular flexibility index (Phi) is 7.65. The van der Waals surface area contributed by atoms with E-state index in [-0.39, 0.29) is 17.8 Å². The molecular weight excluding hydrogens is 441 g/mol. The van der Waals surface area contributed by atoms with Gasteiger partial charge in [-0.25, -0.2) is 9.67 Å². The molecular formula is C22H21F3N4O4. The lowest BCUT2D eigenvalue weighted by Crippen LogP contribution is -2.22. The van der Waals surface area contributed by atoms with Crippen molar-refractivity contribution < 1.29 is 32.2 Å². The number of halogens is 3. The summed E-state index contributed by atoms with van der Waals surface area (Å²) in [5, 5.41) is 6.21. The summed E-state index contributed by atoms with van der Waals surface area (Å²) in [6.45, 7) is 1.68. The first-order chi connectivity index (χ1) is 15.8. The van der Waals surface area contributed by atoms with Gasteiger partial charge in [0.25, 0.3) is 5.91 Å². The lowest BCUT2D eigenvalue weighted by atomic mass is 10.1. The van der Waals surface area contributed by atoms with Gasteiger partial charge in [0.2, 0.25) is 0 Å². The van der Waals surface area contributed by atoms with E-state index >= 15 is 0 Å². The quantitative estimate of drug-likeness (QED) is 0.486. The maximum Gasteiger partial charge on any atom is 0.416 e. The van der Waals surface area contributed by atoms with Gasteiger partial charge in [-0.05, 0) is 43.2 Å². The van der Waals surface area contributed by atoms with Gasteiger partial charge >= 0.3 is 12.1 Å². The second-order valence-corrected chi connectivity index (χ2v) is 6.82. The topological polar surface area (TPSA) is 95.3 Å². The van der Waals surface area contributed by atoms with Gasteiger partial charge in [0, 0.05) is 6.42 Å². The van der Waals surface area contributed by atoms with E-state index in [2.05, 4.69) is 15.4 Å². The van der Waals surface area contributed by atoms with Crippen LogP contribution in [-0.4, -0.2) is 39.9 Å². The molecule has 0 bridgehead atoms. The van der Waals surface area contributed by atoms with Crippen molar-refractivity contribution in [3.8, 4) is 11.4 Å². The maximum absolute atomic E-state index is 13.1. The molecule has 0 radical (unpaired) electrons. The van der Waals surface area contributed by atoms with E-state index in [0.29, 0.717) is 18.8 Å². The highest BCUT2D eigenvalue weighted by atomic mass is 19.4. The number of aryl methyl sites for hydroxylation is 1. The van der Waals surface area contributed by atoms with Crippen molar-refractivity contribution >= 4 is 17.6 Å². The van der Waals surface area contributed by atoms with Gasteiger partial charge in [-0.1, -0.05) is 18.2 Å². The lowest BCUT2D eigenvalue weighted by molar-refractivity contribution is -0.147. The van der Waals surface area contributed by atoms with E-state index in [4.69, 9.17) is 9.47 Å². The number of para-hydroxylation sites is 1. The third kappa shape index (κ3) is 6.55. The second kappa shape index (κ2) is 10.6. The Balaban J connectivity index is 1.61. The smallest absolute Gasteiger partial charge is 0.416 e. The zero-order valence-corrected chi connectivity index (χ0v) is 17.6. The number of rotatable bonds is 9. The average Bonchev–Trinajstić information content (AvgIpc) is 3.31. The second-order valence-electron chi connectivity index (χ2n) is 6.82. The van der Waals surface area contributed by atoms with Gasteiger partial charge in [0.05, 0.1) is 23.5 Å². The average molecular weight is 462 g/mol. The Morgan fingerprint density at radius 3 is 2.64 bits per heavy atom. The molecule has 0 saturated heterocycles. The van der Waals surface area contributed by atoms with Crippen LogP contribution in [0.25, 0.3) is 5.69 Å². The molecule has 0 unspecified atom stereocenters. The first kappa shape index (κ1) is 23.8. The van der Waals surface area contributed by atoms with Crippen molar-refractivity contribution in [2.24, 2.45) is 0 Å². The summed E-state index contributed by atoms with van der Waals surface area (Å²) in [6, 6.07) is 10.1. The molecule has 3 aromatic rings. The predicted molar refractivity (Wildman–Crippen MR) is 112 cm³/mol. The minimum absolute atomic E-state index is 0.00509. The minimum atomic E-state index is -4.61. The van der Waals surface area contributed by atoms with Crippen molar-refractivity contribution in [2.75, 3.05) is 18.5 Å². The van der Waals surface area contributed by atoms with Crippen molar-refractivity contribution in [3.05, 3.63) is 66.2 Å². The summed E-state index contributed by atoms with van der Waals surface area (Å²) < 4.78 is 51.0. The number of anilines is 1. The fourth-order valence-electron chi connectivity index (χ4n) is 2.99. The number of esters is 1. The highest BCUT2D eigenvalue weighted by molar-refractivity contribution is 5.94. The maximum atomic E-state index is 13.1. The number of nitrogens with one attached hydrogen (secondary N) is 1. The normalized spacial score (nSPS) is 11.2. The van der Waals surface area contributed by atoms with Crippen LogP contribution in [0.15, 0.2) is 55.1 Å². The molecule has 0 atom stereocenters. The molecule has 0 fully saturated rings. The fourth-order valence-corrected chi connectivity index (χ4v) is 2.99. The van der Waals surface area contributed by atoms with Gasteiger partial charge in [0.1, 0.15) is 18.4 Å². The molecule has 0 aliphatic heterocycles. The number of benzene rings is 2. The van der Waals surface area contributed by atoms with Crippen molar-refractivity contribution in [1.82, 2.24) is 14.8 Å². The van der Waals surface area contributed by atoms with Gasteiger partial charge < -0.3 is 14.8 Å². The van der Waals surface area contributed by atoms with E-state index in [1.807, 2.05) is 25.1 Å². The molecule has 174 valence electrons. The number of nitrogens with zero attached hydrogens (tertiary/aromatic N) is 3. The van der Waals surface area contributed by atoms with Crippen LogP contribution in [-0.2, 0) is 26.9 Å². The van der Waals surface area contributed by atoms with E-state index in [1.54, 1.807) is 6.07 Å². The standard InChI is InChI=1S/C22H21F3N4O4/c1-2-32-19-6-4-3-5-15(19)7-10-21(31)33-12-20(30)28-17-11-16(22(23,24)25)8-9-18(17)29-14-26-13-27-29/h3-6,8-9,11,13-14H,2,7,10,12H2,1H3,(H,28,30). The number of carbonyl (C=O) groups excluding carboxylic acids is 2. The summed E-state index contributed by atoms with van der Waals surface area (Å²) in [7, 11) is 0.